The van der Waals surface area contributed by atoms with E-state index >= 15 is 0 Å². The number of nitrogens with zero attached hydrogens (tertiary/aromatic N) is 2. The molecule has 0 unspecified atom stereocenters. The first kappa shape index (κ1) is 16.0. The molecule has 0 aliphatic heterocycles. The third kappa shape index (κ3) is 3.88. The topological polar surface area (TPSA) is 64.0 Å². The van der Waals surface area contributed by atoms with Crippen molar-refractivity contribution in [3.63, 3.8) is 0 Å². The Labute approximate surface area is 143 Å². The lowest BCUT2D eigenvalue weighted by molar-refractivity contribution is -0.117. The van der Waals surface area contributed by atoms with Crippen molar-refractivity contribution < 1.29 is 4.79 Å². The van der Waals surface area contributed by atoms with Crippen LogP contribution in [0.3, 0.4) is 0 Å². The van der Waals surface area contributed by atoms with Crippen LogP contribution in [0.25, 0.3) is 11.3 Å². The number of amides is 1. The maximum Gasteiger partial charge on any atom is 0.267 e. The molecule has 120 valence electrons. The van der Waals surface area contributed by atoms with Crippen molar-refractivity contribution in [1.82, 2.24) is 9.78 Å². The smallest absolute Gasteiger partial charge is 0.267 e. The lowest BCUT2D eigenvalue weighted by Crippen LogP contribution is -2.29. The standard InChI is InChI=1S/C18H14ClN3O2/c19-14-8-6-13(7-9-14)16-10-11-18(24)22(21-16)12-17(23)20-15-4-2-1-3-5-15/h1-11H,12H2,(H,20,23). The predicted octanol–water partition coefficient (Wildman–Crippen LogP) is 3.20. The second kappa shape index (κ2) is 7.10. The van der Waals surface area contributed by atoms with Crippen LogP contribution in [0.5, 0.6) is 0 Å². The Morgan fingerprint density at radius 1 is 1.00 bits per heavy atom. The van der Waals surface area contributed by atoms with E-state index in [0.29, 0.717) is 16.4 Å². The zero-order valence-electron chi connectivity index (χ0n) is 12.6. The minimum Gasteiger partial charge on any atom is -0.324 e. The number of para-hydroxylation sites is 1. The third-order valence-corrected chi connectivity index (χ3v) is 3.61. The molecule has 1 aromatic heterocycles. The number of rotatable bonds is 4. The van der Waals surface area contributed by atoms with E-state index in [0.717, 1.165) is 10.2 Å². The van der Waals surface area contributed by atoms with E-state index in [4.69, 9.17) is 11.6 Å². The summed E-state index contributed by atoms with van der Waals surface area (Å²) in [6.45, 7) is -0.158. The van der Waals surface area contributed by atoms with Gasteiger partial charge in [-0.3, -0.25) is 9.59 Å². The van der Waals surface area contributed by atoms with E-state index in [-0.39, 0.29) is 18.0 Å². The van der Waals surface area contributed by atoms with Gasteiger partial charge in [0.05, 0.1) is 5.69 Å². The number of aromatic nitrogens is 2. The van der Waals surface area contributed by atoms with Crippen LogP contribution in [0.1, 0.15) is 0 Å². The SMILES string of the molecule is O=C(Cn1nc(-c2ccc(Cl)cc2)ccc1=O)Nc1ccccc1. The summed E-state index contributed by atoms with van der Waals surface area (Å²) in [7, 11) is 0. The number of hydrogen-bond acceptors (Lipinski definition) is 3. The van der Waals surface area contributed by atoms with Gasteiger partial charge in [-0.2, -0.15) is 5.10 Å². The molecular weight excluding hydrogens is 326 g/mol. The molecule has 0 aliphatic carbocycles. The number of hydrogen-bond donors (Lipinski definition) is 1. The van der Waals surface area contributed by atoms with Gasteiger partial charge in [0, 0.05) is 22.3 Å². The van der Waals surface area contributed by atoms with Crippen molar-refractivity contribution in [2.45, 2.75) is 6.54 Å². The molecule has 0 radical (unpaired) electrons. The molecule has 3 aromatic rings. The lowest BCUT2D eigenvalue weighted by Gasteiger charge is -2.08. The van der Waals surface area contributed by atoms with Crippen LogP contribution in [0, 0.1) is 0 Å². The molecule has 0 saturated heterocycles. The van der Waals surface area contributed by atoms with Gasteiger partial charge in [-0.25, -0.2) is 4.68 Å². The number of benzene rings is 2. The van der Waals surface area contributed by atoms with Crippen LogP contribution in [0.2, 0.25) is 5.02 Å². The lowest BCUT2D eigenvalue weighted by atomic mass is 10.1. The first-order valence-corrected chi connectivity index (χ1v) is 7.68. The largest absolute Gasteiger partial charge is 0.324 e. The fraction of sp³-hybridized carbons (Fsp3) is 0.0556. The Balaban J connectivity index is 1.80. The van der Waals surface area contributed by atoms with E-state index in [9.17, 15) is 9.59 Å². The van der Waals surface area contributed by atoms with E-state index in [1.165, 1.54) is 6.07 Å². The van der Waals surface area contributed by atoms with Gasteiger partial charge in [-0.15, -0.1) is 0 Å². The van der Waals surface area contributed by atoms with Crippen LogP contribution in [0.15, 0.2) is 71.5 Å². The second-order valence-electron chi connectivity index (χ2n) is 5.14. The van der Waals surface area contributed by atoms with E-state index < -0.39 is 0 Å². The minimum absolute atomic E-state index is 0.158. The number of carbonyl (C=O) groups excluding carboxylic acids is 1. The first-order valence-electron chi connectivity index (χ1n) is 7.31. The van der Waals surface area contributed by atoms with Crippen molar-refractivity contribution in [2.24, 2.45) is 0 Å². The second-order valence-corrected chi connectivity index (χ2v) is 5.57. The van der Waals surface area contributed by atoms with Crippen molar-refractivity contribution in [2.75, 3.05) is 5.32 Å². The first-order chi connectivity index (χ1) is 11.6. The Bertz CT molecular complexity index is 906. The summed E-state index contributed by atoms with van der Waals surface area (Å²) in [6, 6.07) is 19.2. The van der Waals surface area contributed by atoms with Gasteiger partial charge in [0.1, 0.15) is 6.54 Å². The van der Waals surface area contributed by atoms with Crippen LogP contribution < -0.4 is 10.9 Å². The van der Waals surface area contributed by atoms with Crippen molar-refractivity contribution in [3.05, 3.63) is 82.1 Å². The summed E-state index contributed by atoms with van der Waals surface area (Å²) in [5.74, 6) is -0.316. The van der Waals surface area contributed by atoms with Gasteiger partial charge in [-0.05, 0) is 30.3 Å². The highest BCUT2D eigenvalue weighted by Crippen LogP contribution is 2.18. The van der Waals surface area contributed by atoms with E-state index in [2.05, 4.69) is 10.4 Å². The van der Waals surface area contributed by atoms with Crippen LogP contribution in [-0.4, -0.2) is 15.7 Å². The number of anilines is 1. The van der Waals surface area contributed by atoms with Crippen molar-refractivity contribution in [1.29, 1.82) is 0 Å². The third-order valence-electron chi connectivity index (χ3n) is 3.36. The Morgan fingerprint density at radius 2 is 1.71 bits per heavy atom. The Kier molecular flexibility index (Phi) is 4.72. The van der Waals surface area contributed by atoms with E-state index in [1.54, 1.807) is 30.3 Å². The van der Waals surface area contributed by atoms with Gasteiger partial charge in [-0.1, -0.05) is 41.9 Å². The number of halogens is 1. The molecule has 3 rings (SSSR count). The molecule has 0 atom stereocenters. The average molecular weight is 340 g/mol. The molecule has 0 saturated carbocycles. The van der Waals surface area contributed by atoms with Crippen LogP contribution in [0.4, 0.5) is 5.69 Å². The fourth-order valence-corrected chi connectivity index (χ4v) is 2.32. The van der Waals surface area contributed by atoms with Gasteiger partial charge in [0.15, 0.2) is 0 Å². The zero-order valence-corrected chi connectivity index (χ0v) is 13.4. The molecule has 0 aliphatic rings. The summed E-state index contributed by atoms with van der Waals surface area (Å²) in [6.07, 6.45) is 0. The van der Waals surface area contributed by atoms with Crippen molar-refractivity contribution in [3.8, 4) is 11.3 Å². The Hall–Kier alpha value is -2.92. The van der Waals surface area contributed by atoms with Crippen molar-refractivity contribution >= 4 is 23.2 Å². The van der Waals surface area contributed by atoms with Crippen LogP contribution in [-0.2, 0) is 11.3 Å². The summed E-state index contributed by atoms with van der Waals surface area (Å²) in [5.41, 5.74) is 1.75. The summed E-state index contributed by atoms with van der Waals surface area (Å²) >= 11 is 5.87. The molecule has 1 N–H and O–H groups in total. The summed E-state index contributed by atoms with van der Waals surface area (Å²) in [4.78, 5) is 24.0. The predicted molar refractivity (Wildman–Crippen MR) is 94.0 cm³/mol. The van der Waals surface area contributed by atoms with Gasteiger partial charge in [0.2, 0.25) is 5.91 Å². The maximum atomic E-state index is 12.1. The molecule has 1 heterocycles. The molecule has 0 fully saturated rings. The van der Waals surface area contributed by atoms with Gasteiger partial charge < -0.3 is 5.32 Å². The molecule has 1 amide bonds. The van der Waals surface area contributed by atoms with Gasteiger partial charge >= 0.3 is 0 Å². The quantitative estimate of drug-likeness (QED) is 0.794. The highest BCUT2D eigenvalue weighted by molar-refractivity contribution is 6.30. The highest BCUT2D eigenvalue weighted by atomic mass is 35.5. The summed E-state index contributed by atoms with van der Waals surface area (Å²) < 4.78 is 1.14. The van der Waals surface area contributed by atoms with Crippen LogP contribution >= 0.6 is 11.6 Å². The molecule has 2 aromatic carbocycles. The molecule has 6 heteroatoms. The number of carbonyl (C=O) groups is 1. The fourth-order valence-electron chi connectivity index (χ4n) is 2.19. The normalized spacial score (nSPS) is 10.4. The zero-order chi connectivity index (χ0) is 16.9. The summed E-state index contributed by atoms with van der Waals surface area (Å²) in [5, 5.41) is 7.60. The van der Waals surface area contributed by atoms with Gasteiger partial charge in [0.25, 0.3) is 5.56 Å². The number of nitrogens with one attached hydrogen (secondary N) is 1. The van der Waals surface area contributed by atoms with E-state index in [1.807, 2.05) is 30.3 Å². The molecule has 5 nitrogen and oxygen atoms in total. The Morgan fingerprint density at radius 3 is 2.42 bits per heavy atom. The molecular formula is C18H14ClN3O2. The molecule has 24 heavy (non-hydrogen) atoms. The molecule has 0 spiro atoms. The maximum absolute atomic E-state index is 12.1. The molecule has 0 bridgehead atoms. The minimum atomic E-state index is -0.337. The monoisotopic (exact) mass is 339 g/mol. The average Bonchev–Trinajstić information content (AvgIpc) is 2.58. The highest BCUT2D eigenvalue weighted by Gasteiger charge is 2.08.